The molecule has 7 nitrogen and oxygen atoms in total. The molecular weight excluding hydrogens is 586 g/mol. The molecule has 0 aliphatic carbocycles. The third-order valence-electron chi connectivity index (χ3n) is 4.81. The average molecular weight is 609 g/mol. The van der Waals surface area contributed by atoms with Crippen LogP contribution < -0.4 is 25.6 Å². The lowest BCUT2D eigenvalue weighted by Crippen LogP contribution is -2.49. The smallest absolute Gasteiger partial charge is 0.276 e. The van der Waals surface area contributed by atoms with Gasteiger partial charge in [0.15, 0.2) is 11.7 Å². The van der Waals surface area contributed by atoms with E-state index in [4.69, 9.17) is 21.7 Å². The predicted octanol–water partition coefficient (Wildman–Crippen LogP) is 5.26. The highest BCUT2D eigenvalue weighted by atomic mass is 79.9. The molecule has 3 aromatic rings. The van der Waals surface area contributed by atoms with Gasteiger partial charge in [0, 0.05) is 10.0 Å². The maximum Gasteiger partial charge on any atom is 0.276 e. The lowest BCUT2D eigenvalue weighted by Gasteiger charge is -2.14. The van der Waals surface area contributed by atoms with Gasteiger partial charge in [0.1, 0.15) is 11.5 Å². The molecule has 1 atom stereocenters. The van der Waals surface area contributed by atoms with Crippen LogP contribution in [-0.4, -0.2) is 29.6 Å². The van der Waals surface area contributed by atoms with Gasteiger partial charge in [-0.2, -0.15) is 0 Å². The number of hydrogen-bond acceptors (Lipinski definition) is 5. The highest BCUT2D eigenvalue weighted by molar-refractivity contribution is 9.11. The highest BCUT2D eigenvalue weighted by Gasteiger charge is 2.12. The molecule has 0 bridgehead atoms. The first kappa shape index (κ1) is 25.9. The number of amides is 2. The van der Waals surface area contributed by atoms with Crippen LogP contribution in [0.5, 0.6) is 11.5 Å². The summed E-state index contributed by atoms with van der Waals surface area (Å²) in [5, 5.41) is 4.45. The van der Waals surface area contributed by atoms with E-state index in [2.05, 4.69) is 48.0 Å². The van der Waals surface area contributed by atoms with Gasteiger partial charge in [-0.3, -0.25) is 25.8 Å². The Labute approximate surface area is 219 Å². The molecule has 0 saturated carbocycles. The Kier molecular flexibility index (Phi) is 9.26. The molecule has 10 heteroatoms. The zero-order chi connectivity index (χ0) is 24.7. The molecule has 0 aliphatic rings. The fourth-order valence-corrected chi connectivity index (χ4v) is 4.00. The lowest BCUT2D eigenvalue weighted by molar-refractivity contribution is -0.123. The summed E-state index contributed by atoms with van der Waals surface area (Å²) in [5.74, 6) is 0.335. The van der Waals surface area contributed by atoms with Gasteiger partial charge in [-0.15, -0.1) is 0 Å². The standard InChI is InChI=1S/C24H23Br2N3O4S/c1-3-14(2)33-18-8-4-15(5-9-18)23(31)27-24(34)29-28-21(30)13-32-20-11-6-16-12-17(25)7-10-19(16)22(20)26/h4-12,14H,3,13H2,1-2H3,(H,28,30)(H2,27,29,31,34). The number of nitrogens with one attached hydrogen (secondary N) is 3. The summed E-state index contributed by atoms with van der Waals surface area (Å²) in [7, 11) is 0. The summed E-state index contributed by atoms with van der Waals surface area (Å²) in [6, 6.07) is 16.3. The third kappa shape index (κ3) is 7.15. The van der Waals surface area contributed by atoms with Crippen LogP contribution in [0.15, 0.2) is 63.5 Å². The number of hydrazine groups is 1. The molecule has 1 unspecified atom stereocenters. The van der Waals surface area contributed by atoms with E-state index in [9.17, 15) is 9.59 Å². The Hall–Kier alpha value is -2.69. The molecule has 34 heavy (non-hydrogen) atoms. The summed E-state index contributed by atoms with van der Waals surface area (Å²) in [6.45, 7) is 3.76. The van der Waals surface area contributed by atoms with E-state index < -0.39 is 11.8 Å². The first-order chi connectivity index (χ1) is 16.3. The van der Waals surface area contributed by atoms with Crippen LogP contribution in [0.3, 0.4) is 0 Å². The van der Waals surface area contributed by atoms with Crippen LogP contribution in [0.4, 0.5) is 0 Å². The highest BCUT2D eigenvalue weighted by Crippen LogP contribution is 2.34. The second kappa shape index (κ2) is 12.1. The number of thiocarbonyl (C=S) groups is 1. The second-order valence-corrected chi connectivity index (χ2v) is 9.47. The van der Waals surface area contributed by atoms with Gasteiger partial charge >= 0.3 is 0 Å². The Morgan fingerprint density at radius 1 is 1.03 bits per heavy atom. The number of carbonyl (C=O) groups excluding carboxylic acids is 2. The van der Waals surface area contributed by atoms with E-state index in [0.717, 1.165) is 26.1 Å². The topological polar surface area (TPSA) is 88.7 Å². The SMILES string of the molecule is CCC(C)Oc1ccc(C(=O)NC(=S)NNC(=O)COc2ccc3cc(Br)ccc3c2Br)cc1. The summed E-state index contributed by atoms with van der Waals surface area (Å²) in [6.07, 6.45) is 0.977. The number of fused-ring (bicyclic) bond motifs is 1. The van der Waals surface area contributed by atoms with Crippen LogP contribution in [0.2, 0.25) is 0 Å². The molecular formula is C24H23Br2N3O4S. The van der Waals surface area contributed by atoms with Crippen LogP contribution in [0.25, 0.3) is 10.8 Å². The van der Waals surface area contributed by atoms with Crippen molar-refractivity contribution in [2.24, 2.45) is 0 Å². The largest absolute Gasteiger partial charge is 0.491 e. The number of benzene rings is 3. The van der Waals surface area contributed by atoms with Crippen molar-refractivity contribution in [3.05, 3.63) is 69.1 Å². The van der Waals surface area contributed by atoms with Gasteiger partial charge in [0.25, 0.3) is 11.8 Å². The molecule has 0 saturated heterocycles. The van der Waals surface area contributed by atoms with Crippen molar-refractivity contribution in [3.63, 3.8) is 0 Å². The molecule has 3 rings (SSSR count). The lowest BCUT2D eigenvalue weighted by atomic mass is 10.1. The van der Waals surface area contributed by atoms with Crippen molar-refractivity contribution < 1.29 is 19.1 Å². The van der Waals surface area contributed by atoms with Gasteiger partial charge in [0.2, 0.25) is 0 Å². The Morgan fingerprint density at radius 3 is 2.47 bits per heavy atom. The first-order valence-corrected chi connectivity index (χ1v) is 12.4. The van der Waals surface area contributed by atoms with Gasteiger partial charge in [-0.1, -0.05) is 35.0 Å². The van der Waals surface area contributed by atoms with E-state index >= 15 is 0 Å². The second-order valence-electron chi connectivity index (χ2n) is 7.35. The van der Waals surface area contributed by atoms with Gasteiger partial charge in [0.05, 0.1) is 10.6 Å². The molecule has 0 heterocycles. The third-order valence-corrected chi connectivity index (χ3v) is 6.33. The maximum absolute atomic E-state index is 12.3. The van der Waals surface area contributed by atoms with Crippen LogP contribution in [0.1, 0.15) is 30.6 Å². The van der Waals surface area contributed by atoms with E-state index in [1.54, 1.807) is 30.3 Å². The fourth-order valence-electron chi connectivity index (χ4n) is 2.87. The number of halogens is 2. The Bertz CT molecular complexity index is 1200. The van der Waals surface area contributed by atoms with Crippen molar-refractivity contribution in [2.75, 3.05) is 6.61 Å². The zero-order valence-electron chi connectivity index (χ0n) is 18.5. The molecule has 0 aromatic heterocycles. The Balaban J connectivity index is 1.45. The number of ether oxygens (including phenoxy) is 2. The van der Waals surface area contributed by atoms with E-state index in [1.807, 2.05) is 38.1 Å². The number of rotatable bonds is 7. The summed E-state index contributed by atoms with van der Waals surface area (Å²) < 4.78 is 13.0. The van der Waals surface area contributed by atoms with Crippen molar-refractivity contribution in [1.82, 2.24) is 16.2 Å². The van der Waals surface area contributed by atoms with Crippen LogP contribution in [-0.2, 0) is 4.79 Å². The summed E-state index contributed by atoms with van der Waals surface area (Å²) >= 11 is 12.0. The molecule has 178 valence electrons. The molecule has 0 radical (unpaired) electrons. The monoisotopic (exact) mass is 607 g/mol. The summed E-state index contributed by atoms with van der Waals surface area (Å²) in [4.78, 5) is 24.5. The first-order valence-electron chi connectivity index (χ1n) is 10.4. The molecule has 3 aromatic carbocycles. The molecule has 0 spiro atoms. The molecule has 0 fully saturated rings. The minimum Gasteiger partial charge on any atom is -0.491 e. The van der Waals surface area contributed by atoms with Gasteiger partial charge in [-0.05, 0) is 94.7 Å². The van der Waals surface area contributed by atoms with Crippen molar-refractivity contribution in [3.8, 4) is 11.5 Å². The van der Waals surface area contributed by atoms with Gasteiger partial charge < -0.3 is 9.47 Å². The minimum absolute atomic E-state index is 0.0456. The van der Waals surface area contributed by atoms with E-state index in [-0.39, 0.29) is 17.8 Å². The predicted molar refractivity (Wildman–Crippen MR) is 143 cm³/mol. The van der Waals surface area contributed by atoms with E-state index in [0.29, 0.717) is 17.1 Å². The summed E-state index contributed by atoms with van der Waals surface area (Å²) in [5.41, 5.74) is 5.30. The van der Waals surface area contributed by atoms with Crippen molar-refractivity contribution in [2.45, 2.75) is 26.4 Å². The molecule has 3 N–H and O–H groups in total. The Morgan fingerprint density at radius 2 is 1.76 bits per heavy atom. The molecule has 2 amide bonds. The maximum atomic E-state index is 12.3. The normalized spacial score (nSPS) is 11.4. The zero-order valence-corrected chi connectivity index (χ0v) is 22.5. The van der Waals surface area contributed by atoms with Crippen LogP contribution in [0, 0.1) is 0 Å². The van der Waals surface area contributed by atoms with Gasteiger partial charge in [-0.25, -0.2) is 0 Å². The van der Waals surface area contributed by atoms with E-state index in [1.165, 1.54) is 0 Å². The quantitative estimate of drug-likeness (QED) is 0.251. The van der Waals surface area contributed by atoms with Crippen molar-refractivity contribution in [1.29, 1.82) is 0 Å². The average Bonchev–Trinajstić information content (AvgIpc) is 2.82. The number of carbonyl (C=O) groups is 2. The number of hydrogen-bond donors (Lipinski definition) is 3. The fraction of sp³-hybridized carbons (Fsp3) is 0.208. The van der Waals surface area contributed by atoms with Crippen LogP contribution >= 0.6 is 44.1 Å². The van der Waals surface area contributed by atoms with Crippen molar-refractivity contribution >= 4 is 71.8 Å². The minimum atomic E-state index is -0.467. The molecule has 0 aliphatic heterocycles.